The molecule has 4 saturated heterocycles. The molecule has 37 heteroatoms. The predicted molar refractivity (Wildman–Crippen MR) is 464 cm³/mol. The molecule has 112 heavy (non-hydrogen) atoms. The quantitative estimate of drug-likeness (QED) is 0.0523. The number of nitrogens with zero attached hydrogens (tertiary/aromatic N) is 14. The molecule has 0 bridgehead atoms. The number of anilines is 4. The predicted octanol–water partition coefficient (Wildman–Crippen LogP) is 18.5. The average molecular weight is 2200 g/mol. The fraction of sp³-hybridized carbons (Fsp3) is 0.320. The van der Waals surface area contributed by atoms with Gasteiger partial charge in [-0.15, -0.1) is 0 Å². The van der Waals surface area contributed by atoms with Gasteiger partial charge in [-0.3, -0.25) is 14.4 Å². The number of nitrogen functional groups attached to an aromatic ring is 2. The van der Waals surface area contributed by atoms with E-state index in [-0.39, 0.29) is 23.9 Å². The molecule has 2 spiro atoms. The number of Topliss-reactive ketones (excluding diaryl/α,β-unsaturated/α-hetero) is 2. The van der Waals surface area contributed by atoms with Crippen LogP contribution in [0.5, 0.6) is 0 Å². The van der Waals surface area contributed by atoms with Crippen molar-refractivity contribution in [1.82, 2.24) is 55.5 Å². The van der Waals surface area contributed by atoms with Gasteiger partial charge in [0, 0.05) is 118 Å². The second-order valence-corrected chi connectivity index (χ2v) is 34.4. The van der Waals surface area contributed by atoms with Crippen molar-refractivity contribution in [3.63, 3.8) is 0 Å². The number of aryl methyl sites for hydroxylation is 7. The number of rotatable bonds is 9. The van der Waals surface area contributed by atoms with Crippen molar-refractivity contribution in [3.05, 3.63) is 168 Å². The maximum Gasteiger partial charge on any atom is 0.312 e. The molecular formula is C75H69Br5ClI3N16O12. The van der Waals surface area contributed by atoms with Gasteiger partial charge in [-0.25, -0.2) is 15.0 Å². The highest BCUT2D eigenvalue weighted by Crippen LogP contribution is 2.44. The van der Waals surface area contributed by atoms with Crippen LogP contribution in [0.3, 0.4) is 0 Å². The number of aromatic nitrogens is 11. The zero-order valence-corrected chi connectivity index (χ0v) is 76.5. The summed E-state index contributed by atoms with van der Waals surface area (Å²) in [5, 5.41) is 36.5. The summed E-state index contributed by atoms with van der Waals surface area (Å²) < 4.78 is 52.0. The maximum atomic E-state index is 11.1. The SMILES string of the molecule is CC(=O)c1cc(Br)cc(I)c1N.CC(=O)c1cc(Br)ccc1N.Cc1noc(-c2c(Cl)nc3c(I)cc(Br)cc3c2C)n1.Cc1noc(-c2c(N3CCC4(CC3)OCCO4)nc3c(C#N)cc(Br)cc3c2C)n1.Cc1noc(-c2c(N3CCC4(CC3)OCCO4)nc3c(I)cc(Br)cc3c2C)n1.Cc1noc(CC(=O)O)n1. The number of pyridine rings is 3. The van der Waals surface area contributed by atoms with Crippen LogP contribution in [0.2, 0.25) is 5.15 Å². The molecule has 12 aromatic rings. The van der Waals surface area contributed by atoms with E-state index in [4.69, 9.17) is 70.7 Å². The van der Waals surface area contributed by atoms with E-state index in [2.05, 4.69) is 232 Å². The maximum absolute atomic E-state index is 11.1. The Labute approximate surface area is 729 Å². The van der Waals surface area contributed by atoms with Gasteiger partial charge in [0.05, 0.1) is 70.9 Å². The van der Waals surface area contributed by atoms with E-state index in [0.29, 0.717) is 112 Å². The summed E-state index contributed by atoms with van der Waals surface area (Å²) >= 11 is 30.2. The van der Waals surface area contributed by atoms with E-state index in [9.17, 15) is 19.6 Å². The Bertz CT molecular complexity index is 5620. The minimum atomic E-state index is -0.969. The molecular weight excluding hydrogens is 2130 g/mol. The summed E-state index contributed by atoms with van der Waals surface area (Å²) in [6, 6.07) is 23.1. The monoisotopic (exact) mass is 2200 g/mol. The highest BCUT2D eigenvalue weighted by atomic mass is 127. The first-order valence-electron chi connectivity index (χ1n) is 34.3. The largest absolute Gasteiger partial charge is 0.481 e. The number of piperidine rings is 2. The molecule has 7 aromatic heterocycles. The third kappa shape index (κ3) is 20.3. The number of carboxylic acids is 1. The van der Waals surface area contributed by atoms with Gasteiger partial charge in [-0.1, -0.05) is 112 Å². The molecule has 16 rings (SSSR count). The second kappa shape index (κ2) is 37.4. The van der Waals surface area contributed by atoms with Crippen LogP contribution in [0.1, 0.15) is 112 Å². The summed E-state index contributed by atoms with van der Waals surface area (Å²) in [7, 11) is 0. The molecule has 11 heterocycles. The fourth-order valence-corrected chi connectivity index (χ4v) is 18.7. The number of ketones is 2. The van der Waals surface area contributed by atoms with E-state index < -0.39 is 17.5 Å². The number of hydrogen-bond donors (Lipinski definition) is 3. The molecule has 0 radical (unpaired) electrons. The Morgan fingerprint density at radius 1 is 0.509 bits per heavy atom. The van der Waals surface area contributed by atoms with Gasteiger partial charge in [0.15, 0.2) is 46.4 Å². The summed E-state index contributed by atoms with van der Waals surface area (Å²) in [5.41, 5.74) is 21.9. The van der Waals surface area contributed by atoms with Crippen LogP contribution >= 0.6 is 159 Å². The summed E-state index contributed by atoms with van der Waals surface area (Å²) in [6.07, 6.45) is 2.91. The fourth-order valence-electron chi connectivity index (χ4n) is 12.7. The normalized spacial score (nSPS) is 14.7. The van der Waals surface area contributed by atoms with E-state index >= 15 is 0 Å². The van der Waals surface area contributed by atoms with E-state index in [0.717, 1.165) is 152 Å². The van der Waals surface area contributed by atoms with Gasteiger partial charge in [0.1, 0.15) is 29.3 Å². The molecule has 5 N–H and O–H groups in total. The molecule has 0 saturated carbocycles. The first-order valence-corrected chi connectivity index (χ1v) is 41.9. The highest BCUT2D eigenvalue weighted by molar-refractivity contribution is 14.1. The van der Waals surface area contributed by atoms with E-state index in [1.807, 2.05) is 51.1 Å². The van der Waals surface area contributed by atoms with Crippen LogP contribution in [0.4, 0.5) is 23.0 Å². The minimum Gasteiger partial charge on any atom is -0.481 e. The first-order chi connectivity index (χ1) is 53.2. The van der Waals surface area contributed by atoms with Gasteiger partial charge in [-0.2, -0.15) is 25.2 Å². The number of carbonyl (C=O) groups excluding carboxylic acids is 2. The first kappa shape index (κ1) is 86.0. The molecule has 4 aliphatic heterocycles. The van der Waals surface area contributed by atoms with Crippen LogP contribution in [0.15, 0.2) is 107 Å². The number of hydrogen-bond acceptors (Lipinski definition) is 27. The Morgan fingerprint density at radius 2 is 0.893 bits per heavy atom. The Morgan fingerprint density at radius 3 is 1.30 bits per heavy atom. The number of benzene rings is 5. The molecule has 0 aliphatic carbocycles. The number of carbonyl (C=O) groups is 3. The number of nitriles is 1. The minimum absolute atomic E-state index is 0.00767. The zero-order chi connectivity index (χ0) is 80.8. The van der Waals surface area contributed by atoms with Crippen molar-refractivity contribution in [2.75, 3.05) is 73.9 Å². The van der Waals surface area contributed by atoms with Crippen LogP contribution in [0, 0.1) is 70.5 Å². The van der Waals surface area contributed by atoms with Crippen LogP contribution < -0.4 is 21.3 Å². The van der Waals surface area contributed by atoms with Gasteiger partial charge in [0.2, 0.25) is 5.89 Å². The molecule has 0 unspecified atom stereocenters. The smallest absolute Gasteiger partial charge is 0.312 e. The van der Waals surface area contributed by atoms with Crippen molar-refractivity contribution in [2.24, 2.45) is 0 Å². The second-order valence-electron chi connectivity index (χ2n) is 25.9. The number of aliphatic carboxylic acids is 1. The lowest BCUT2D eigenvalue weighted by atomic mass is 9.98. The third-order valence-electron chi connectivity index (χ3n) is 18.1. The molecule has 584 valence electrons. The number of halogens is 9. The molecule has 5 aromatic carbocycles. The standard InChI is InChI=1S/C21H20BrN5O3.C20H20BrIN4O3.C13H8BrClIN3O.C8H7BrINO.C8H8BrNO.C5H6N2O3/c1-12-16-10-15(22)9-14(11-23)18(16)25-19(17(12)20-24-13(2)26-30-20)27-5-3-21(4-6-27)28-7-8-29-21;1-11-14-9-13(21)10-15(22)17(14)24-18(16(11)19-23-12(2)25-29-19)26-5-3-20(4-6-26)27-7-8-28-20;1-5-8-3-7(14)4-9(16)11(8)18-12(15)10(5)13-17-6(2)19-20-13;1-4(12)6-2-5(9)3-7(10)8(6)11;1-5(11)7-4-6(9)2-3-8(7)10;1-3-6-4(10-7-3)2-5(8)9/h9-10H,3-8H2,1-2H3;9-10H,3-8H2,1-2H3;3-4H,1-2H3;2-3H,11H2,1H3;2-4H,10H2,1H3;2H2,1H3,(H,8,9). The number of ether oxygens (including phenoxy) is 4. The van der Waals surface area contributed by atoms with Gasteiger partial charge in [0.25, 0.3) is 17.7 Å². The lowest BCUT2D eigenvalue weighted by Gasteiger charge is -2.38. The van der Waals surface area contributed by atoms with Crippen LogP contribution in [-0.2, 0) is 30.2 Å². The van der Waals surface area contributed by atoms with Crippen LogP contribution in [0.25, 0.3) is 67.1 Å². The van der Waals surface area contributed by atoms with Gasteiger partial charge >= 0.3 is 5.97 Å². The van der Waals surface area contributed by atoms with Crippen molar-refractivity contribution < 1.29 is 56.5 Å². The Hall–Kier alpha value is -6.89. The summed E-state index contributed by atoms with van der Waals surface area (Å²) in [5.74, 6) is 3.41. The van der Waals surface area contributed by atoms with Gasteiger partial charge < -0.3 is 63.4 Å². The summed E-state index contributed by atoms with van der Waals surface area (Å²) in [6.45, 7) is 21.8. The third-order valence-corrected chi connectivity index (χ3v) is 23.3. The number of nitrogens with two attached hydrogens (primary N) is 2. The highest BCUT2D eigenvalue weighted by Gasteiger charge is 2.43. The number of carboxylic acid groups (broad SMARTS) is 1. The van der Waals surface area contributed by atoms with Crippen molar-refractivity contribution in [1.29, 1.82) is 5.26 Å². The van der Waals surface area contributed by atoms with Crippen molar-refractivity contribution in [3.8, 4) is 40.4 Å². The Balaban J connectivity index is 0.000000140. The van der Waals surface area contributed by atoms with Crippen molar-refractivity contribution in [2.45, 2.75) is 106 Å². The topological polar surface area (TPSA) is 385 Å². The lowest BCUT2D eigenvalue weighted by molar-refractivity contribution is -0.169. The summed E-state index contributed by atoms with van der Waals surface area (Å²) in [4.78, 5) is 67.9. The Kier molecular flexibility index (Phi) is 28.7. The van der Waals surface area contributed by atoms with E-state index in [1.54, 1.807) is 45.0 Å². The molecule has 28 nitrogen and oxygen atoms in total. The number of fused-ring (bicyclic) bond motifs is 3. The van der Waals surface area contributed by atoms with Gasteiger partial charge in [-0.05, 0) is 214 Å². The average Bonchev–Trinajstić information content (AvgIpc) is 1.35. The molecule has 4 fully saturated rings. The zero-order valence-electron chi connectivity index (χ0n) is 61.3. The van der Waals surface area contributed by atoms with E-state index in [1.165, 1.54) is 13.8 Å². The molecule has 0 atom stereocenters. The lowest BCUT2D eigenvalue weighted by Crippen LogP contribution is -2.45. The molecule has 0 amide bonds. The van der Waals surface area contributed by atoms with Crippen LogP contribution in [-0.4, -0.2) is 142 Å². The van der Waals surface area contributed by atoms with Crippen molar-refractivity contribution >= 4 is 232 Å². The molecule has 4 aliphatic rings.